The average molecular weight is 589 g/mol. The molecular weight excluding hydrogens is 555 g/mol. The van der Waals surface area contributed by atoms with E-state index >= 15 is 0 Å². The second-order valence-corrected chi connectivity index (χ2v) is 10.0. The van der Waals surface area contributed by atoms with Crippen molar-refractivity contribution in [2.75, 3.05) is 22.5 Å². The van der Waals surface area contributed by atoms with Crippen molar-refractivity contribution in [3.8, 4) is 11.1 Å². The number of hydrogen-bond donors (Lipinski definition) is 6. The third kappa shape index (κ3) is 8.86. The first-order chi connectivity index (χ1) is 20.7. The lowest BCUT2D eigenvalue weighted by molar-refractivity contribution is -0.138. The van der Waals surface area contributed by atoms with Crippen LogP contribution < -0.4 is 21.3 Å². The molecular formula is C31H33FN6O5. The van der Waals surface area contributed by atoms with Crippen molar-refractivity contribution in [1.29, 1.82) is 0 Å². The number of carbonyl (C=O) groups excluding carboxylic acids is 3. The van der Waals surface area contributed by atoms with Crippen LogP contribution in [0.3, 0.4) is 0 Å². The third-order valence-electron chi connectivity index (χ3n) is 6.64. The van der Waals surface area contributed by atoms with Crippen molar-refractivity contribution in [3.63, 3.8) is 0 Å². The van der Waals surface area contributed by atoms with Crippen LogP contribution in [0.1, 0.15) is 44.1 Å². The maximum atomic E-state index is 14.0. The Hall–Kier alpha value is -5.26. The molecule has 0 spiro atoms. The number of carboxylic acid groups (broad SMARTS) is 1. The van der Waals surface area contributed by atoms with Gasteiger partial charge in [-0.25, -0.2) is 9.18 Å². The number of aromatic amines is 1. The van der Waals surface area contributed by atoms with Gasteiger partial charge in [-0.3, -0.25) is 19.5 Å². The Morgan fingerprint density at radius 1 is 0.860 bits per heavy atom. The standard InChI is InChI=1S/C31H33FN6O5/c1-19-9-14-23(32)25(18-19)35-31(43)34-21-12-10-20(11-13-21)22-6-5-7-24-29(22)30(38-37-24)36-27(40)8-3-2-4-17-33-26(39)15-16-28(41)42/h5-7,9-14,18H,2-4,8,15-17H2,1H3,(H,33,39)(H,41,42)(H2,34,35,43)(H2,36,37,38,40). The highest BCUT2D eigenvalue weighted by molar-refractivity contribution is 6.07. The van der Waals surface area contributed by atoms with Gasteiger partial charge in [-0.15, -0.1) is 0 Å². The van der Waals surface area contributed by atoms with Crippen LogP contribution >= 0.6 is 0 Å². The van der Waals surface area contributed by atoms with Crippen LogP contribution in [0.2, 0.25) is 0 Å². The summed E-state index contributed by atoms with van der Waals surface area (Å²) in [4.78, 5) is 47.1. The molecule has 0 aliphatic heterocycles. The van der Waals surface area contributed by atoms with Gasteiger partial charge in [0.25, 0.3) is 0 Å². The van der Waals surface area contributed by atoms with Crippen LogP contribution in [0.25, 0.3) is 22.0 Å². The molecule has 0 radical (unpaired) electrons. The number of unbranched alkanes of at least 4 members (excludes halogenated alkanes) is 2. The first kappa shape index (κ1) is 30.7. The summed E-state index contributed by atoms with van der Waals surface area (Å²) in [7, 11) is 0. The number of fused-ring (bicyclic) bond motifs is 1. The van der Waals surface area contributed by atoms with Gasteiger partial charge in [0.05, 0.1) is 23.0 Å². The van der Waals surface area contributed by atoms with E-state index in [1.54, 1.807) is 31.2 Å². The second kappa shape index (κ2) is 14.6. The molecule has 11 nitrogen and oxygen atoms in total. The SMILES string of the molecule is Cc1ccc(F)c(NC(=O)Nc2ccc(-c3cccc4[nH]nc(NC(=O)CCCCCNC(=O)CCC(=O)O)c34)cc2)c1. The van der Waals surface area contributed by atoms with Crippen molar-refractivity contribution in [1.82, 2.24) is 15.5 Å². The Labute approximate surface area is 247 Å². The summed E-state index contributed by atoms with van der Waals surface area (Å²) < 4.78 is 14.0. The lowest BCUT2D eigenvalue weighted by Gasteiger charge is -2.11. The van der Waals surface area contributed by atoms with Gasteiger partial charge < -0.3 is 26.4 Å². The molecule has 0 aliphatic carbocycles. The number of nitrogens with one attached hydrogen (secondary N) is 5. The van der Waals surface area contributed by atoms with E-state index in [0.717, 1.165) is 34.0 Å². The Morgan fingerprint density at radius 2 is 1.65 bits per heavy atom. The average Bonchev–Trinajstić information content (AvgIpc) is 3.38. The highest BCUT2D eigenvalue weighted by Gasteiger charge is 2.15. The van der Waals surface area contributed by atoms with Crippen molar-refractivity contribution in [3.05, 3.63) is 72.0 Å². The zero-order valence-corrected chi connectivity index (χ0v) is 23.6. The summed E-state index contributed by atoms with van der Waals surface area (Å²) in [6, 6.07) is 16.7. The lowest BCUT2D eigenvalue weighted by atomic mass is 10.0. The molecule has 6 N–H and O–H groups in total. The lowest BCUT2D eigenvalue weighted by Crippen LogP contribution is -2.24. The topological polar surface area (TPSA) is 165 Å². The van der Waals surface area contributed by atoms with Crippen LogP contribution in [0.4, 0.5) is 26.4 Å². The number of anilines is 3. The largest absolute Gasteiger partial charge is 0.481 e. The number of carbonyl (C=O) groups is 4. The van der Waals surface area contributed by atoms with Crippen LogP contribution in [-0.2, 0) is 14.4 Å². The number of urea groups is 1. The Kier molecular flexibility index (Phi) is 10.4. The van der Waals surface area contributed by atoms with Crippen molar-refractivity contribution >= 4 is 51.9 Å². The minimum Gasteiger partial charge on any atom is -0.481 e. The predicted octanol–water partition coefficient (Wildman–Crippen LogP) is 5.80. The number of aryl methyl sites for hydroxylation is 1. The molecule has 43 heavy (non-hydrogen) atoms. The molecule has 12 heteroatoms. The number of aromatic nitrogens is 2. The van der Waals surface area contributed by atoms with E-state index in [1.165, 1.54) is 6.07 Å². The van der Waals surface area contributed by atoms with Crippen molar-refractivity contribution < 1.29 is 28.7 Å². The summed E-state index contributed by atoms with van der Waals surface area (Å²) >= 11 is 0. The summed E-state index contributed by atoms with van der Waals surface area (Å²) in [6.07, 6.45) is 2.04. The Balaban J connectivity index is 1.31. The van der Waals surface area contributed by atoms with Crippen LogP contribution in [0, 0.1) is 12.7 Å². The molecule has 3 aromatic carbocycles. The number of halogens is 1. The molecule has 4 rings (SSSR count). The molecule has 0 atom stereocenters. The fourth-order valence-electron chi connectivity index (χ4n) is 4.47. The molecule has 0 aliphatic rings. The van der Waals surface area contributed by atoms with Gasteiger partial charge in [0.1, 0.15) is 5.82 Å². The first-order valence-corrected chi connectivity index (χ1v) is 13.9. The number of rotatable bonds is 13. The predicted molar refractivity (Wildman–Crippen MR) is 162 cm³/mol. The van der Waals surface area contributed by atoms with Crippen molar-refractivity contribution in [2.24, 2.45) is 0 Å². The van der Waals surface area contributed by atoms with Gasteiger partial charge in [0.15, 0.2) is 5.82 Å². The van der Waals surface area contributed by atoms with Crippen LogP contribution in [0.15, 0.2) is 60.7 Å². The minimum atomic E-state index is -1.01. The van der Waals surface area contributed by atoms with Crippen LogP contribution in [0.5, 0.6) is 0 Å². The monoisotopic (exact) mass is 588 g/mol. The molecule has 0 fully saturated rings. The summed E-state index contributed by atoms with van der Waals surface area (Å²) in [5.74, 6) is -1.62. The number of H-pyrrole nitrogens is 1. The molecule has 4 amide bonds. The van der Waals surface area contributed by atoms with Crippen molar-refractivity contribution in [2.45, 2.75) is 45.4 Å². The van der Waals surface area contributed by atoms with E-state index in [0.29, 0.717) is 30.9 Å². The fourth-order valence-corrected chi connectivity index (χ4v) is 4.47. The van der Waals surface area contributed by atoms with E-state index < -0.39 is 17.8 Å². The zero-order valence-electron chi connectivity index (χ0n) is 23.6. The summed E-state index contributed by atoms with van der Waals surface area (Å²) in [5, 5.41) is 27.4. The molecule has 0 unspecified atom stereocenters. The number of benzene rings is 3. The summed E-state index contributed by atoms with van der Waals surface area (Å²) in [6.45, 7) is 2.23. The Morgan fingerprint density at radius 3 is 2.42 bits per heavy atom. The molecule has 1 heterocycles. The minimum absolute atomic E-state index is 0.0492. The number of amides is 4. The first-order valence-electron chi connectivity index (χ1n) is 13.9. The van der Waals surface area contributed by atoms with Gasteiger partial charge in [-0.1, -0.05) is 36.8 Å². The molecule has 0 saturated heterocycles. The highest BCUT2D eigenvalue weighted by Crippen LogP contribution is 2.33. The zero-order chi connectivity index (χ0) is 30.8. The Bertz CT molecular complexity index is 1620. The molecule has 0 bridgehead atoms. The van der Waals surface area contributed by atoms with E-state index in [9.17, 15) is 23.6 Å². The molecule has 4 aromatic rings. The number of nitrogens with zero attached hydrogens (tertiary/aromatic N) is 1. The number of carboxylic acids is 1. The fraction of sp³-hybridized carbons (Fsp3) is 0.258. The second-order valence-electron chi connectivity index (χ2n) is 10.0. The molecule has 224 valence electrons. The van der Waals surface area contributed by atoms with E-state index in [4.69, 9.17) is 5.11 Å². The quantitative estimate of drug-likeness (QED) is 0.108. The van der Waals surface area contributed by atoms with E-state index in [1.807, 2.05) is 30.3 Å². The number of aliphatic carboxylic acids is 1. The van der Waals surface area contributed by atoms with E-state index in [-0.39, 0.29) is 36.8 Å². The summed E-state index contributed by atoms with van der Waals surface area (Å²) in [5.41, 5.74) is 3.84. The third-order valence-corrected chi connectivity index (χ3v) is 6.64. The maximum Gasteiger partial charge on any atom is 0.323 e. The number of hydrogen-bond acceptors (Lipinski definition) is 5. The van der Waals surface area contributed by atoms with Gasteiger partial charge in [-0.2, -0.15) is 5.10 Å². The highest BCUT2D eigenvalue weighted by atomic mass is 19.1. The maximum absolute atomic E-state index is 14.0. The van der Waals surface area contributed by atoms with Gasteiger partial charge in [0, 0.05) is 25.1 Å². The smallest absolute Gasteiger partial charge is 0.323 e. The normalized spacial score (nSPS) is 10.7. The van der Waals surface area contributed by atoms with Crippen LogP contribution in [-0.4, -0.2) is 45.7 Å². The van der Waals surface area contributed by atoms with Gasteiger partial charge in [0.2, 0.25) is 11.8 Å². The molecule has 1 aromatic heterocycles. The van der Waals surface area contributed by atoms with Gasteiger partial charge >= 0.3 is 12.0 Å². The van der Waals surface area contributed by atoms with Gasteiger partial charge in [-0.05, 0) is 66.8 Å². The molecule has 0 saturated carbocycles. The van der Waals surface area contributed by atoms with E-state index in [2.05, 4.69) is 31.5 Å².